The molecular weight excluding hydrogens is 342 g/mol. The van der Waals surface area contributed by atoms with Crippen molar-refractivity contribution in [3.8, 4) is 0 Å². The van der Waals surface area contributed by atoms with Gasteiger partial charge in [-0.25, -0.2) is 0 Å². The second-order valence-electron chi connectivity index (χ2n) is 6.81. The first-order valence-electron chi connectivity index (χ1n) is 9.15. The van der Waals surface area contributed by atoms with Gasteiger partial charge in [0.05, 0.1) is 11.7 Å². The van der Waals surface area contributed by atoms with Crippen molar-refractivity contribution in [1.29, 1.82) is 0 Å². The van der Waals surface area contributed by atoms with Crippen molar-refractivity contribution in [1.82, 2.24) is 24.4 Å². The Morgan fingerprint density at radius 2 is 2.04 bits per heavy atom. The number of hydrogen-bond acceptors (Lipinski definition) is 6. The molecule has 138 valence electrons. The molecule has 0 bridgehead atoms. The minimum Gasteiger partial charge on any atom is -0.381 e. The largest absolute Gasteiger partial charge is 0.381 e. The second-order valence-corrected chi connectivity index (χ2v) is 6.81. The average Bonchev–Trinajstić information content (AvgIpc) is 3.26. The maximum absolute atomic E-state index is 5.44. The molecule has 0 amide bonds. The number of benzene rings is 1. The highest BCUT2D eigenvalue weighted by molar-refractivity contribution is 5.83. The van der Waals surface area contributed by atoms with Gasteiger partial charge < -0.3 is 15.4 Å². The normalized spacial score (nSPS) is 15.4. The van der Waals surface area contributed by atoms with Gasteiger partial charge in [0.25, 0.3) is 0 Å². The van der Waals surface area contributed by atoms with Crippen molar-refractivity contribution in [2.45, 2.75) is 18.9 Å². The number of nitrogens with zero attached hydrogens (tertiary/aromatic N) is 5. The second kappa shape index (κ2) is 6.55. The molecule has 1 aromatic carbocycles. The van der Waals surface area contributed by atoms with Gasteiger partial charge >= 0.3 is 0 Å². The molecule has 0 atom stereocenters. The topological polar surface area (TPSA) is 81.3 Å². The highest BCUT2D eigenvalue weighted by atomic mass is 16.5. The summed E-state index contributed by atoms with van der Waals surface area (Å²) >= 11 is 0. The Hall–Kier alpha value is -3.13. The predicted octanol–water partition coefficient (Wildman–Crippen LogP) is 2.95. The molecule has 8 heteroatoms. The van der Waals surface area contributed by atoms with E-state index < -0.39 is 0 Å². The van der Waals surface area contributed by atoms with Gasteiger partial charge in [0.15, 0.2) is 5.65 Å². The van der Waals surface area contributed by atoms with Gasteiger partial charge in [0.1, 0.15) is 5.82 Å². The quantitative estimate of drug-likeness (QED) is 0.580. The first kappa shape index (κ1) is 16.1. The Morgan fingerprint density at radius 3 is 2.93 bits per heavy atom. The standard InChI is InChI=1S/C19H21N7O/c1-25-16-6-5-15(11-13(16)12-20-25)22-19-23-18-4-2-3-17(26(18)24-19)21-14-7-9-27-10-8-14/h2-6,11-12,14,21H,7-10H2,1H3,(H,22,24). The molecule has 5 rings (SSSR count). The Morgan fingerprint density at radius 1 is 1.15 bits per heavy atom. The minimum absolute atomic E-state index is 0.401. The number of aromatic nitrogens is 5. The fourth-order valence-electron chi connectivity index (χ4n) is 3.49. The number of nitrogens with one attached hydrogen (secondary N) is 2. The van der Waals surface area contributed by atoms with Gasteiger partial charge in [-0.3, -0.25) is 4.68 Å². The first-order chi connectivity index (χ1) is 13.3. The van der Waals surface area contributed by atoms with Crippen molar-refractivity contribution in [3.05, 3.63) is 42.6 Å². The van der Waals surface area contributed by atoms with Crippen molar-refractivity contribution < 1.29 is 4.74 Å². The van der Waals surface area contributed by atoms with Crippen molar-refractivity contribution in [3.63, 3.8) is 0 Å². The molecule has 2 N–H and O–H groups in total. The van der Waals surface area contributed by atoms with E-state index in [-0.39, 0.29) is 0 Å². The molecule has 1 saturated heterocycles. The van der Waals surface area contributed by atoms with Gasteiger partial charge in [0.2, 0.25) is 5.95 Å². The van der Waals surface area contributed by atoms with Gasteiger partial charge in [-0.05, 0) is 43.2 Å². The zero-order valence-electron chi connectivity index (χ0n) is 15.1. The monoisotopic (exact) mass is 363 g/mol. The number of ether oxygens (including phenoxy) is 1. The summed E-state index contributed by atoms with van der Waals surface area (Å²) in [5.41, 5.74) is 2.83. The van der Waals surface area contributed by atoms with Gasteiger partial charge in [0, 0.05) is 37.4 Å². The summed E-state index contributed by atoms with van der Waals surface area (Å²) in [5, 5.41) is 16.9. The third-order valence-corrected chi connectivity index (χ3v) is 4.94. The Bertz CT molecular complexity index is 1090. The summed E-state index contributed by atoms with van der Waals surface area (Å²) in [7, 11) is 1.94. The van der Waals surface area contributed by atoms with E-state index in [4.69, 9.17) is 4.74 Å². The van der Waals surface area contributed by atoms with Gasteiger partial charge in [-0.1, -0.05) is 6.07 Å². The number of rotatable bonds is 4. The maximum Gasteiger partial charge on any atom is 0.247 e. The van der Waals surface area contributed by atoms with Crippen LogP contribution >= 0.6 is 0 Å². The molecule has 1 fully saturated rings. The van der Waals surface area contributed by atoms with Crippen LogP contribution in [0.3, 0.4) is 0 Å². The number of aryl methyl sites for hydroxylation is 1. The van der Waals surface area contributed by atoms with Crippen LogP contribution in [-0.2, 0) is 11.8 Å². The molecule has 0 aliphatic carbocycles. The lowest BCUT2D eigenvalue weighted by Gasteiger charge is -2.24. The van der Waals surface area contributed by atoms with E-state index in [2.05, 4.69) is 31.9 Å². The summed E-state index contributed by atoms with van der Waals surface area (Å²) in [6, 6.07) is 12.5. The van der Waals surface area contributed by atoms with E-state index in [9.17, 15) is 0 Å². The van der Waals surface area contributed by atoms with Crippen LogP contribution in [0.2, 0.25) is 0 Å². The van der Waals surface area contributed by atoms with E-state index in [0.29, 0.717) is 12.0 Å². The lowest BCUT2D eigenvalue weighted by molar-refractivity contribution is 0.0903. The summed E-state index contributed by atoms with van der Waals surface area (Å²) in [4.78, 5) is 4.60. The molecular formula is C19H21N7O. The van der Waals surface area contributed by atoms with Crippen LogP contribution in [0.5, 0.6) is 0 Å². The molecule has 1 aliphatic rings. The first-order valence-corrected chi connectivity index (χ1v) is 9.15. The van der Waals surface area contributed by atoms with Crippen LogP contribution in [-0.4, -0.2) is 43.6 Å². The van der Waals surface area contributed by atoms with Gasteiger partial charge in [-0.15, -0.1) is 5.10 Å². The zero-order chi connectivity index (χ0) is 18.2. The van der Waals surface area contributed by atoms with Crippen molar-refractivity contribution in [2.24, 2.45) is 7.05 Å². The SMILES string of the molecule is Cn1ncc2cc(Nc3nc4cccc(NC5CCOCC5)n4n3)ccc21. The van der Waals surface area contributed by atoms with Crippen LogP contribution < -0.4 is 10.6 Å². The summed E-state index contributed by atoms with van der Waals surface area (Å²) in [6.07, 6.45) is 3.86. The Kier molecular flexibility index (Phi) is 3.90. The van der Waals surface area contributed by atoms with Gasteiger partial charge in [-0.2, -0.15) is 14.6 Å². The molecule has 0 unspecified atom stereocenters. The summed E-state index contributed by atoms with van der Waals surface area (Å²) in [6.45, 7) is 1.60. The summed E-state index contributed by atoms with van der Waals surface area (Å²) < 4.78 is 9.14. The molecule has 3 aromatic heterocycles. The van der Waals surface area contributed by atoms with E-state index in [0.717, 1.165) is 54.1 Å². The van der Waals surface area contributed by atoms with E-state index >= 15 is 0 Å². The number of fused-ring (bicyclic) bond motifs is 2. The minimum atomic E-state index is 0.401. The predicted molar refractivity (Wildman–Crippen MR) is 104 cm³/mol. The molecule has 4 heterocycles. The number of pyridine rings is 1. The highest BCUT2D eigenvalue weighted by Crippen LogP contribution is 2.22. The molecule has 0 saturated carbocycles. The third-order valence-electron chi connectivity index (χ3n) is 4.94. The number of hydrogen-bond donors (Lipinski definition) is 2. The van der Waals surface area contributed by atoms with Crippen LogP contribution in [0.1, 0.15) is 12.8 Å². The fraction of sp³-hybridized carbons (Fsp3) is 0.316. The average molecular weight is 363 g/mol. The van der Waals surface area contributed by atoms with Crippen LogP contribution in [0.25, 0.3) is 16.6 Å². The molecule has 8 nitrogen and oxygen atoms in total. The molecule has 27 heavy (non-hydrogen) atoms. The fourth-order valence-corrected chi connectivity index (χ4v) is 3.49. The van der Waals surface area contributed by atoms with Crippen LogP contribution in [0, 0.1) is 0 Å². The van der Waals surface area contributed by atoms with E-state index in [1.807, 2.05) is 52.8 Å². The Balaban J connectivity index is 1.42. The lowest BCUT2D eigenvalue weighted by atomic mass is 10.1. The number of anilines is 3. The van der Waals surface area contributed by atoms with E-state index in [1.54, 1.807) is 0 Å². The maximum atomic E-state index is 5.44. The highest BCUT2D eigenvalue weighted by Gasteiger charge is 2.15. The summed E-state index contributed by atoms with van der Waals surface area (Å²) in [5.74, 6) is 1.52. The van der Waals surface area contributed by atoms with Crippen molar-refractivity contribution in [2.75, 3.05) is 23.8 Å². The lowest BCUT2D eigenvalue weighted by Crippen LogP contribution is -2.28. The molecule has 1 aliphatic heterocycles. The molecule has 0 spiro atoms. The van der Waals surface area contributed by atoms with Crippen LogP contribution in [0.15, 0.2) is 42.6 Å². The van der Waals surface area contributed by atoms with Crippen LogP contribution in [0.4, 0.5) is 17.5 Å². The van der Waals surface area contributed by atoms with Crippen molar-refractivity contribution >= 4 is 34.0 Å². The third kappa shape index (κ3) is 3.08. The molecule has 0 radical (unpaired) electrons. The zero-order valence-corrected chi connectivity index (χ0v) is 15.1. The van der Waals surface area contributed by atoms with E-state index in [1.165, 1.54) is 0 Å². The Labute approximate surface area is 156 Å². The molecule has 4 aromatic rings. The smallest absolute Gasteiger partial charge is 0.247 e.